The van der Waals surface area contributed by atoms with E-state index in [1.807, 2.05) is 17.5 Å². The van der Waals surface area contributed by atoms with Crippen molar-refractivity contribution in [3.63, 3.8) is 0 Å². The van der Waals surface area contributed by atoms with Crippen LogP contribution in [0.5, 0.6) is 5.75 Å². The van der Waals surface area contributed by atoms with Gasteiger partial charge in [0.05, 0.1) is 10.2 Å². The molecule has 0 bridgehead atoms. The molecule has 2 aromatic rings. The Hall–Kier alpha value is -0.620. The van der Waals surface area contributed by atoms with Crippen molar-refractivity contribution in [3.8, 4) is 5.75 Å². The van der Waals surface area contributed by atoms with Gasteiger partial charge in [-0.2, -0.15) is 0 Å². The van der Waals surface area contributed by atoms with Crippen molar-refractivity contribution >= 4 is 38.9 Å². The number of thiazole rings is 1. The largest absolute Gasteiger partial charge is 0.486 e. The number of aromatic nitrogens is 1. The molecular formula is C14H16BrClN2OS. The molecule has 0 aliphatic heterocycles. The lowest BCUT2D eigenvalue weighted by atomic mass is 10.3. The Morgan fingerprint density at radius 3 is 2.95 bits per heavy atom. The Morgan fingerprint density at radius 1 is 1.45 bits per heavy atom. The zero-order valence-corrected chi connectivity index (χ0v) is 14.5. The molecule has 0 saturated heterocycles. The maximum Gasteiger partial charge on any atom is 0.134 e. The fraction of sp³-hybridized carbons (Fsp3) is 0.357. The average molecular weight is 376 g/mol. The van der Waals surface area contributed by atoms with Gasteiger partial charge in [0.15, 0.2) is 0 Å². The molecule has 2 rings (SSSR count). The van der Waals surface area contributed by atoms with Crippen LogP contribution < -0.4 is 10.1 Å². The Kier molecular flexibility index (Phi) is 5.84. The molecule has 1 heterocycles. The Balaban J connectivity index is 1.90. The molecule has 0 aliphatic carbocycles. The summed E-state index contributed by atoms with van der Waals surface area (Å²) in [5, 5.41) is 7.13. The van der Waals surface area contributed by atoms with E-state index in [2.05, 4.69) is 40.1 Å². The van der Waals surface area contributed by atoms with E-state index in [1.54, 1.807) is 17.4 Å². The van der Waals surface area contributed by atoms with Gasteiger partial charge in [-0.3, -0.25) is 0 Å². The summed E-state index contributed by atoms with van der Waals surface area (Å²) in [6.07, 6.45) is 0. The van der Waals surface area contributed by atoms with Gasteiger partial charge in [0, 0.05) is 23.0 Å². The first-order chi connectivity index (χ1) is 9.54. The highest BCUT2D eigenvalue weighted by Crippen LogP contribution is 2.28. The van der Waals surface area contributed by atoms with Gasteiger partial charge in [-0.05, 0) is 34.1 Å². The molecule has 0 amide bonds. The van der Waals surface area contributed by atoms with Gasteiger partial charge < -0.3 is 10.1 Å². The van der Waals surface area contributed by atoms with E-state index < -0.39 is 0 Å². The topological polar surface area (TPSA) is 34.2 Å². The molecule has 0 spiro atoms. The molecule has 6 heteroatoms. The van der Waals surface area contributed by atoms with Gasteiger partial charge in [0.25, 0.3) is 0 Å². The number of ether oxygens (including phenoxy) is 1. The van der Waals surface area contributed by atoms with Crippen molar-refractivity contribution in [3.05, 3.63) is 43.8 Å². The average Bonchev–Trinajstić information content (AvgIpc) is 2.83. The van der Waals surface area contributed by atoms with Crippen molar-refractivity contribution in [2.45, 2.75) is 33.0 Å². The third-order valence-electron chi connectivity index (χ3n) is 2.53. The maximum absolute atomic E-state index is 5.89. The molecule has 20 heavy (non-hydrogen) atoms. The van der Waals surface area contributed by atoms with E-state index in [1.165, 1.54) is 0 Å². The predicted molar refractivity (Wildman–Crippen MR) is 87.6 cm³/mol. The van der Waals surface area contributed by atoms with E-state index in [-0.39, 0.29) is 0 Å². The molecule has 0 aliphatic rings. The lowest BCUT2D eigenvalue weighted by Crippen LogP contribution is -2.21. The van der Waals surface area contributed by atoms with Gasteiger partial charge >= 0.3 is 0 Å². The van der Waals surface area contributed by atoms with Crippen LogP contribution in [0.25, 0.3) is 0 Å². The highest BCUT2D eigenvalue weighted by molar-refractivity contribution is 9.10. The number of nitrogens with one attached hydrogen (secondary N) is 1. The second-order valence-electron chi connectivity index (χ2n) is 4.63. The summed E-state index contributed by atoms with van der Waals surface area (Å²) >= 11 is 11.0. The quantitative estimate of drug-likeness (QED) is 0.799. The van der Waals surface area contributed by atoms with Crippen LogP contribution in [0.4, 0.5) is 0 Å². The molecule has 0 fully saturated rings. The molecule has 0 unspecified atom stereocenters. The minimum atomic E-state index is 0.457. The first-order valence-electron chi connectivity index (χ1n) is 6.29. The van der Waals surface area contributed by atoms with E-state index in [0.717, 1.165) is 27.5 Å². The van der Waals surface area contributed by atoms with Crippen LogP contribution in [0.1, 0.15) is 24.5 Å². The lowest BCUT2D eigenvalue weighted by molar-refractivity contribution is 0.300. The second-order valence-corrected chi connectivity index (χ2v) is 6.87. The van der Waals surface area contributed by atoms with Crippen LogP contribution in [0.3, 0.4) is 0 Å². The van der Waals surface area contributed by atoms with Crippen molar-refractivity contribution in [1.82, 2.24) is 10.3 Å². The molecule has 3 nitrogen and oxygen atoms in total. The van der Waals surface area contributed by atoms with Crippen molar-refractivity contribution < 1.29 is 4.74 Å². The maximum atomic E-state index is 5.89. The third-order valence-corrected chi connectivity index (χ3v) is 4.28. The van der Waals surface area contributed by atoms with Crippen LogP contribution in [0, 0.1) is 0 Å². The van der Waals surface area contributed by atoms with Crippen molar-refractivity contribution in [2.24, 2.45) is 0 Å². The SMILES string of the molecule is CC(C)NCc1nc(COc2ccc(Cl)cc2Br)cs1. The van der Waals surface area contributed by atoms with E-state index in [4.69, 9.17) is 16.3 Å². The van der Waals surface area contributed by atoms with Gasteiger partial charge in [0.2, 0.25) is 0 Å². The minimum Gasteiger partial charge on any atom is -0.486 e. The standard InChI is InChI=1S/C14H16BrClN2OS/c1-9(2)17-6-14-18-11(8-20-14)7-19-13-4-3-10(16)5-12(13)15/h3-5,8-9,17H,6-7H2,1-2H3. The summed E-state index contributed by atoms with van der Waals surface area (Å²) in [5.41, 5.74) is 0.942. The van der Waals surface area contributed by atoms with Crippen LogP contribution in [0.15, 0.2) is 28.1 Å². The van der Waals surface area contributed by atoms with Crippen LogP contribution in [0.2, 0.25) is 5.02 Å². The molecular weight excluding hydrogens is 360 g/mol. The minimum absolute atomic E-state index is 0.457. The molecule has 0 atom stereocenters. The first kappa shape index (κ1) is 15.8. The Morgan fingerprint density at radius 2 is 2.25 bits per heavy atom. The van der Waals surface area contributed by atoms with Crippen LogP contribution in [-0.2, 0) is 13.2 Å². The Bertz CT molecular complexity index is 574. The van der Waals surface area contributed by atoms with Gasteiger partial charge in [-0.1, -0.05) is 25.4 Å². The van der Waals surface area contributed by atoms with Crippen LogP contribution >= 0.6 is 38.9 Å². The molecule has 0 saturated carbocycles. The summed E-state index contributed by atoms with van der Waals surface area (Å²) < 4.78 is 6.58. The third kappa shape index (κ3) is 4.74. The summed E-state index contributed by atoms with van der Waals surface area (Å²) in [6.45, 7) is 5.50. The number of hydrogen-bond donors (Lipinski definition) is 1. The Labute approximate surface area is 136 Å². The highest BCUT2D eigenvalue weighted by atomic mass is 79.9. The fourth-order valence-electron chi connectivity index (χ4n) is 1.53. The number of rotatable bonds is 6. The second kappa shape index (κ2) is 7.41. The number of halogens is 2. The summed E-state index contributed by atoms with van der Waals surface area (Å²) in [5.74, 6) is 0.768. The normalized spacial score (nSPS) is 11.1. The molecule has 0 radical (unpaired) electrons. The predicted octanol–water partition coefficient (Wildman–Crippen LogP) is 4.64. The van der Waals surface area contributed by atoms with Crippen molar-refractivity contribution in [2.75, 3.05) is 0 Å². The monoisotopic (exact) mass is 374 g/mol. The number of hydrogen-bond acceptors (Lipinski definition) is 4. The summed E-state index contributed by atoms with van der Waals surface area (Å²) in [6, 6.07) is 5.93. The van der Waals surface area contributed by atoms with Gasteiger partial charge in [-0.25, -0.2) is 4.98 Å². The smallest absolute Gasteiger partial charge is 0.134 e. The van der Waals surface area contributed by atoms with E-state index in [0.29, 0.717) is 17.7 Å². The fourth-order valence-corrected chi connectivity index (χ4v) is 3.06. The molecule has 1 aromatic carbocycles. The summed E-state index contributed by atoms with van der Waals surface area (Å²) in [7, 11) is 0. The summed E-state index contributed by atoms with van der Waals surface area (Å²) in [4.78, 5) is 4.53. The molecule has 1 aromatic heterocycles. The molecule has 1 N–H and O–H groups in total. The zero-order chi connectivity index (χ0) is 14.5. The lowest BCUT2D eigenvalue weighted by Gasteiger charge is -2.07. The van der Waals surface area contributed by atoms with E-state index in [9.17, 15) is 0 Å². The first-order valence-corrected chi connectivity index (χ1v) is 8.34. The van der Waals surface area contributed by atoms with Gasteiger partial charge in [-0.15, -0.1) is 11.3 Å². The number of nitrogens with zero attached hydrogens (tertiary/aromatic N) is 1. The van der Waals surface area contributed by atoms with Crippen molar-refractivity contribution in [1.29, 1.82) is 0 Å². The highest BCUT2D eigenvalue weighted by Gasteiger charge is 2.06. The molecule has 108 valence electrons. The zero-order valence-electron chi connectivity index (χ0n) is 11.3. The van der Waals surface area contributed by atoms with E-state index >= 15 is 0 Å². The van der Waals surface area contributed by atoms with Crippen LogP contribution in [-0.4, -0.2) is 11.0 Å². The van der Waals surface area contributed by atoms with Gasteiger partial charge in [0.1, 0.15) is 17.4 Å². The number of benzene rings is 1.